The number of ether oxygens (including phenoxy) is 1. The first-order valence-corrected chi connectivity index (χ1v) is 11.8. The van der Waals surface area contributed by atoms with Crippen molar-refractivity contribution in [2.45, 2.75) is 20.8 Å². The summed E-state index contributed by atoms with van der Waals surface area (Å²) in [6, 6.07) is 13.3. The van der Waals surface area contributed by atoms with Crippen molar-refractivity contribution in [3.05, 3.63) is 81.6 Å². The summed E-state index contributed by atoms with van der Waals surface area (Å²) < 4.78 is 7.32. The van der Waals surface area contributed by atoms with Crippen LogP contribution < -0.4 is 15.0 Å². The molecule has 2 heterocycles. The monoisotopic (exact) mass is 523 g/mol. The molecule has 1 saturated heterocycles. The number of thiocarbonyl (C=S) groups is 1. The van der Waals surface area contributed by atoms with Crippen LogP contribution in [0.4, 0.5) is 5.69 Å². The molecular weight excluding hydrogens is 502 g/mol. The Morgan fingerprint density at radius 2 is 1.78 bits per heavy atom. The number of carboxylic acid groups (broad SMARTS) is 1. The minimum absolute atomic E-state index is 0.0000403. The molecule has 1 aromatic heterocycles. The van der Waals surface area contributed by atoms with Gasteiger partial charge < -0.3 is 14.4 Å². The van der Waals surface area contributed by atoms with Crippen molar-refractivity contribution in [3.8, 4) is 11.4 Å². The molecule has 0 saturated carbocycles. The van der Waals surface area contributed by atoms with Crippen molar-refractivity contribution in [2.75, 3.05) is 11.5 Å². The van der Waals surface area contributed by atoms with Crippen molar-refractivity contribution in [2.24, 2.45) is 0 Å². The van der Waals surface area contributed by atoms with E-state index in [2.05, 4.69) is 5.32 Å². The molecule has 10 heteroatoms. The average Bonchev–Trinajstić information content (AvgIpc) is 3.10. The predicted octanol–water partition coefficient (Wildman–Crippen LogP) is 4.68. The molecule has 0 atom stereocenters. The molecule has 2 N–H and O–H groups in total. The van der Waals surface area contributed by atoms with Gasteiger partial charge in [0, 0.05) is 17.1 Å². The molecule has 0 unspecified atom stereocenters. The summed E-state index contributed by atoms with van der Waals surface area (Å²) in [5.41, 5.74) is 3.27. The SMILES string of the molecule is CCOc1ccc(N2C(=O)/C(=C/c3cc(C)n(-c4ccc(C(=O)O)c(Cl)c4)c3C)C(=O)NC2=S)cc1. The zero-order valence-corrected chi connectivity index (χ0v) is 21.2. The van der Waals surface area contributed by atoms with E-state index >= 15 is 0 Å². The average molecular weight is 524 g/mol. The maximum absolute atomic E-state index is 13.4. The molecule has 1 aliphatic heterocycles. The third-order valence-corrected chi connectivity index (χ3v) is 6.32. The van der Waals surface area contributed by atoms with Crippen LogP contribution in [0, 0.1) is 13.8 Å². The molecule has 4 rings (SSSR count). The van der Waals surface area contributed by atoms with E-state index in [9.17, 15) is 19.5 Å². The largest absolute Gasteiger partial charge is 0.494 e. The molecule has 0 radical (unpaired) electrons. The summed E-state index contributed by atoms with van der Waals surface area (Å²) in [5.74, 6) is -1.60. The van der Waals surface area contributed by atoms with E-state index in [1.807, 2.05) is 31.4 Å². The third kappa shape index (κ3) is 4.62. The van der Waals surface area contributed by atoms with E-state index in [4.69, 9.17) is 28.6 Å². The minimum Gasteiger partial charge on any atom is -0.494 e. The molecular formula is C26H22ClN3O5S. The van der Waals surface area contributed by atoms with Gasteiger partial charge in [-0.2, -0.15) is 0 Å². The predicted molar refractivity (Wildman–Crippen MR) is 141 cm³/mol. The minimum atomic E-state index is -1.12. The number of aromatic nitrogens is 1. The lowest BCUT2D eigenvalue weighted by Gasteiger charge is -2.29. The van der Waals surface area contributed by atoms with Crippen molar-refractivity contribution in [3.63, 3.8) is 0 Å². The first-order valence-electron chi connectivity index (χ1n) is 11.0. The summed E-state index contributed by atoms with van der Waals surface area (Å²) in [4.78, 5) is 38.7. The van der Waals surface area contributed by atoms with Crippen LogP contribution in [0.3, 0.4) is 0 Å². The second-order valence-electron chi connectivity index (χ2n) is 8.02. The number of carbonyl (C=O) groups excluding carboxylic acids is 2. The first kappa shape index (κ1) is 25.2. The topological polar surface area (TPSA) is 101 Å². The van der Waals surface area contributed by atoms with Gasteiger partial charge in [0.05, 0.1) is 22.9 Å². The highest BCUT2D eigenvalue weighted by molar-refractivity contribution is 7.80. The highest BCUT2D eigenvalue weighted by Gasteiger charge is 2.34. The van der Waals surface area contributed by atoms with E-state index in [1.165, 1.54) is 17.0 Å². The zero-order chi connectivity index (χ0) is 26.1. The summed E-state index contributed by atoms with van der Waals surface area (Å²) in [7, 11) is 0. The lowest BCUT2D eigenvalue weighted by Crippen LogP contribution is -2.54. The van der Waals surface area contributed by atoms with Gasteiger partial charge in [-0.05, 0) is 93.2 Å². The van der Waals surface area contributed by atoms with Gasteiger partial charge in [0.25, 0.3) is 11.8 Å². The van der Waals surface area contributed by atoms with Crippen LogP contribution in [0.5, 0.6) is 5.75 Å². The Balaban J connectivity index is 1.71. The number of aromatic carboxylic acids is 1. The van der Waals surface area contributed by atoms with Crippen LogP contribution in [0.25, 0.3) is 11.8 Å². The Kier molecular flexibility index (Phi) is 6.96. The Labute approximate surface area is 217 Å². The summed E-state index contributed by atoms with van der Waals surface area (Å²) in [6.45, 7) is 6.08. The van der Waals surface area contributed by atoms with Gasteiger partial charge in [-0.1, -0.05) is 11.6 Å². The summed E-state index contributed by atoms with van der Waals surface area (Å²) in [5, 5.41) is 11.9. The van der Waals surface area contributed by atoms with Crippen LogP contribution in [0.2, 0.25) is 5.02 Å². The van der Waals surface area contributed by atoms with Crippen LogP contribution in [-0.2, 0) is 9.59 Å². The van der Waals surface area contributed by atoms with Gasteiger partial charge in [0.15, 0.2) is 5.11 Å². The van der Waals surface area contributed by atoms with Gasteiger partial charge in [0.2, 0.25) is 0 Å². The molecule has 0 bridgehead atoms. The molecule has 184 valence electrons. The summed E-state index contributed by atoms with van der Waals surface area (Å²) in [6.07, 6.45) is 1.52. The number of amides is 2. The number of hydrogen-bond donors (Lipinski definition) is 2. The molecule has 36 heavy (non-hydrogen) atoms. The van der Waals surface area contributed by atoms with Crippen molar-refractivity contribution in [1.29, 1.82) is 0 Å². The zero-order valence-electron chi connectivity index (χ0n) is 19.7. The van der Waals surface area contributed by atoms with Crippen LogP contribution in [-0.4, -0.2) is 39.2 Å². The normalized spacial score (nSPS) is 14.8. The molecule has 1 aliphatic rings. The number of carbonyl (C=O) groups is 3. The van der Waals surface area contributed by atoms with Crippen molar-refractivity contribution < 1.29 is 24.2 Å². The molecule has 8 nitrogen and oxygen atoms in total. The van der Waals surface area contributed by atoms with E-state index in [-0.39, 0.29) is 21.3 Å². The van der Waals surface area contributed by atoms with Gasteiger partial charge in [0.1, 0.15) is 11.3 Å². The molecule has 2 amide bonds. The number of nitrogens with one attached hydrogen (secondary N) is 1. The first-order chi connectivity index (χ1) is 17.1. The smallest absolute Gasteiger partial charge is 0.337 e. The summed E-state index contributed by atoms with van der Waals surface area (Å²) >= 11 is 11.4. The molecule has 0 spiro atoms. The lowest BCUT2D eigenvalue weighted by molar-refractivity contribution is -0.122. The van der Waals surface area contributed by atoms with Gasteiger partial charge in [-0.3, -0.25) is 19.8 Å². The Morgan fingerprint density at radius 1 is 1.11 bits per heavy atom. The number of rotatable bonds is 6. The molecule has 0 aliphatic carbocycles. The number of anilines is 1. The molecule has 2 aromatic carbocycles. The van der Waals surface area contributed by atoms with Gasteiger partial charge >= 0.3 is 5.97 Å². The number of benzene rings is 2. The number of aryl methyl sites for hydroxylation is 1. The standard InChI is InChI=1S/C26H22ClN3O5S/c1-4-35-19-8-5-17(6-9-19)30-24(32)21(23(31)28-26(30)36)12-16-11-14(2)29(15(16)3)18-7-10-20(25(33)34)22(27)13-18/h5-13H,4H2,1-3H3,(H,33,34)(H,28,31,36)/b21-12+. The second kappa shape index (κ2) is 9.96. The highest BCUT2D eigenvalue weighted by atomic mass is 35.5. The van der Waals surface area contributed by atoms with E-state index < -0.39 is 17.8 Å². The fourth-order valence-electron chi connectivity index (χ4n) is 4.05. The van der Waals surface area contributed by atoms with Gasteiger partial charge in [-0.25, -0.2) is 4.79 Å². The molecule has 3 aromatic rings. The maximum atomic E-state index is 13.4. The number of nitrogens with zero attached hydrogens (tertiary/aromatic N) is 2. The Bertz CT molecular complexity index is 1440. The Morgan fingerprint density at radius 3 is 2.39 bits per heavy atom. The maximum Gasteiger partial charge on any atom is 0.337 e. The van der Waals surface area contributed by atoms with E-state index in [1.54, 1.807) is 36.4 Å². The van der Waals surface area contributed by atoms with Crippen LogP contribution in [0.15, 0.2) is 54.1 Å². The molecule has 1 fully saturated rings. The number of carboxylic acids is 1. The van der Waals surface area contributed by atoms with Crippen molar-refractivity contribution >= 4 is 58.5 Å². The van der Waals surface area contributed by atoms with Crippen molar-refractivity contribution in [1.82, 2.24) is 9.88 Å². The van der Waals surface area contributed by atoms with Crippen LogP contribution in [0.1, 0.15) is 34.2 Å². The fourth-order valence-corrected chi connectivity index (χ4v) is 4.59. The third-order valence-electron chi connectivity index (χ3n) is 5.72. The quantitative estimate of drug-likeness (QED) is 0.276. The van der Waals surface area contributed by atoms with E-state index in [0.29, 0.717) is 29.3 Å². The number of halogens is 1. The number of hydrogen-bond acceptors (Lipinski definition) is 5. The fraction of sp³-hybridized carbons (Fsp3) is 0.154. The Hall–Kier alpha value is -3.95. The highest BCUT2D eigenvalue weighted by Crippen LogP contribution is 2.28. The lowest BCUT2D eigenvalue weighted by atomic mass is 10.1. The van der Waals surface area contributed by atoms with Crippen LogP contribution >= 0.6 is 23.8 Å². The second-order valence-corrected chi connectivity index (χ2v) is 8.81. The van der Waals surface area contributed by atoms with Gasteiger partial charge in [-0.15, -0.1) is 0 Å². The van der Waals surface area contributed by atoms with E-state index in [0.717, 1.165) is 11.4 Å².